The summed E-state index contributed by atoms with van der Waals surface area (Å²) in [5, 5.41) is 11.6. The number of hydrogen-bond donors (Lipinski definition) is 1. The molecule has 1 aliphatic rings. The standard InChI is InChI=1S/C30H35BrO4/c1-20-16-26(34-18-24-12-8-5-9-13-24)30(29(32)28-21(2)14-25(31)15-22(28)3)35-27(20)19-33-17-23-10-6-4-7-11-23/h4-15,20,26-27,29-30,32H,16-19H2,1-3H3/t20-,26?,27?,29-,30-/m0/s1. The third-order valence-electron chi connectivity index (χ3n) is 6.80. The highest BCUT2D eigenvalue weighted by Crippen LogP contribution is 2.37. The second-order valence-electron chi connectivity index (χ2n) is 9.59. The third kappa shape index (κ3) is 6.81. The molecular weight excluding hydrogens is 504 g/mol. The molecule has 3 aromatic rings. The molecule has 1 N–H and O–H groups in total. The molecule has 3 aromatic carbocycles. The zero-order chi connectivity index (χ0) is 24.8. The van der Waals surface area contributed by atoms with Crippen LogP contribution < -0.4 is 0 Å². The van der Waals surface area contributed by atoms with E-state index in [0.29, 0.717) is 19.8 Å². The van der Waals surface area contributed by atoms with E-state index in [1.165, 1.54) is 0 Å². The summed E-state index contributed by atoms with van der Waals surface area (Å²) in [6.45, 7) is 7.74. The van der Waals surface area contributed by atoms with Crippen LogP contribution in [0.1, 0.15) is 47.3 Å². The number of halogens is 1. The molecule has 0 radical (unpaired) electrons. The monoisotopic (exact) mass is 538 g/mol. The summed E-state index contributed by atoms with van der Waals surface area (Å²) < 4.78 is 20.0. The van der Waals surface area contributed by atoms with Gasteiger partial charge in [-0.3, -0.25) is 0 Å². The first-order chi connectivity index (χ1) is 16.9. The van der Waals surface area contributed by atoms with Crippen molar-refractivity contribution >= 4 is 15.9 Å². The Morgan fingerprint density at radius 1 is 0.943 bits per heavy atom. The van der Waals surface area contributed by atoms with Crippen molar-refractivity contribution in [1.82, 2.24) is 0 Å². The summed E-state index contributed by atoms with van der Waals surface area (Å²) >= 11 is 3.57. The second-order valence-corrected chi connectivity index (χ2v) is 10.5. The van der Waals surface area contributed by atoms with Crippen molar-refractivity contribution in [2.45, 2.75) is 64.8 Å². The van der Waals surface area contributed by atoms with Crippen molar-refractivity contribution in [3.63, 3.8) is 0 Å². The zero-order valence-electron chi connectivity index (χ0n) is 20.7. The van der Waals surface area contributed by atoms with Crippen molar-refractivity contribution in [3.05, 3.63) is 105 Å². The van der Waals surface area contributed by atoms with Crippen LogP contribution in [0.3, 0.4) is 0 Å². The molecule has 0 bridgehead atoms. The lowest BCUT2D eigenvalue weighted by molar-refractivity contribution is -0.210. The van der Waals surface area contributed by atoms with Gasteiger partial charge in [-0.15, -0.1) is 0 Å². The predicted molar refractivity (Wildman–Crippen MR) is 142 cm³/mol. The van der Waals surface area contributed by atoms with Gasteiger partial charge in [0.25, 0.3) is 0 Å². The van der Waals surface area contributed by atoms with Gasteiger partial charge in [-0.25, -0.2) is 0 Å². The number of benzene rings is 3. The molecule has 1 saturated heterocycles. The third-order valence-corrected chi connectivity index (χ3v) is 7.26. The van der Waals surface area contributed by atoms with E-state index >= 15 is 0 Å². The molecule has 0 aromatic heterocycles. The van der Waals surface area contributed by atoms with Gasteiger partial charge in [-0.2, -0.15) is 0 Å². The van der Waals surface area contributed by atoms with Gasteiger partial charge in [-0.1, -0.05) is 83.5 Å². The van der Waals surface area contributed by atoms with Crippen molar-refractivity contribution < 1.29 is 19.3 Å². The minimum absolute atomic E-state index is 0.119. The molecule has 5 heteroatoms. The molecule has 1 heterocycles. The van der Waals surface area contributed by atoms with E-state index in [4.69, 9.17) is 14.2 Å². The van der Waals surface area contributed by atoms with Crippen LogP contribution in [-0.2, 0) is 27.4 Å². The highest BCUT2D eigenvalue weighted by Gasteiger charge is 2.41. The van der Waals surface area contributed by atoms with Gasteiger partial charge in [0.15, 0.2) is 0 Å². The Labute approximate surface area is 217 Å². The Bertz CT molecular complexity index is 1050. The Morgan fingerprint density at radius 3 is 2.11 bits per heavy atom. The second kappa shape index (κ2) is 12.3. The lowest BCUT2D eigenvalue weighted by atomic mass is 9.85. The molecule has 0 amide bonds. The van der Waals surface area contributed by atoms with E-state index in [-0.39, 0.29) is 18.1 Å². The van der Waals surface area contributed by atoms with E-state index in [1.807, 2.05) is 62.4 Å². The first-order valence-electron chi connectivity index (χ1n) is 12.3. The summed E-state index contributed by atoms with van der Waals surface area (Å²) in [4.78, 5) is 0. The zero-order valence-corrected chi connectivity index (χ0v) is 22.3. The molecule has 0 spiro atoms. The topological polar surface area (TPSA) is 47.9 Å². The van der Waals surface area contributed by atoms with Crippen LogP contribution in [0.2, 0.25) is 0 Å². The van der Waals surface area contributed by atoms with E-state index in [2.05, 4.69) is 47.1 Å². The SMILES string of the molecule is Cc1cc(Br)cc(C)c1[C@H](O)[C@H]1OC(COCc2ccccc2)[C@@H](C)CC1OCc1ccccc1. The van der Waals surface area contributed by atoms with E-state index in [1.54, 1.807) is 0 Å². The largest absolute Gasteiger partial charge is 0.386 e. The molecule has 35 heavy (non-hydrogen) atoms. The van der Waals surface area contributed by atoms with Crippen LogP contribution in [0.5, 0.6) is 0 Å². The van der Waals surface area contributed by atoms with Crippen LogP contribution in [0.15, 0.2) is 77.3 Å². The summed E-state index contributed by atoms with van der Waals surface area (Å²) in [6, 6.07) is 24.4. The van der Waals surface area contributed by atoms with Crippen LogP contribution >= 0.6 is 15.9 Å². The Kier molecular flexibility index (Phi) is 9.15. The van der Waals surface area contributed by atoms with Gasteiger partial charge in [-0.05, 0) is 66.1 Å². The van der Waals surface area contributed by atoms with Crippen molar-refractivity contribution in [2.24, 2.45) is 5.92 Å². The fourth-order valence-corrected chi connectivity index (χ4v) is 5.60. The maximum absolute atomic E-state index is 11.6. The van der Waals surface area contributed by atoms with Crippen LogP contribution in [0.25, 0.3) is 0 Å². The quantitative estimate of drug-likeness (QED) is 0.329. The Morgan fingerprint density at radius 2 is 1.51 bits per heavy atom. The predicted octanol–water partition coefficient (Wildman–Crippen LogP) is 6.70. The number of aliphatic hydroxyl groups is 1. The minimum atomic E-state index is -0.798. The lowest BCUT2D eigenvalue weighted by Gasteiger charge is -2.42. The van der Waals surface area contributed by atoms with Crippen LogP contribution in [-0.4, -0.2) is 30.0 Å². The molecule has 4 rings (SSSR count). The summed E-state index contributed by atoms with van der Waals surface area (Å²) in [5.41, 5.74) is 5.22. The van der Waals surface area contributed by atoms with Gasteiger partial charge in [0.2, 0.25) is 0 Å². The summed E-state index contributed by atoms with van der Waals surface area (Å²) in [6.07, 6.45) is -0.839. The lowest BCUT2D eigenvalue weighted by Crippen LogP contribution is -2.49. The van der Waals surface area contributed by atoms with Gasteiger partial charge in [0, 0.05) is 4.47 Å². The normalized spacial score (nSPS) is 23.2. The van der Waals surface area contributed by atoms with Gasteiger partial charge in [0.1, 0.15) is 12.2 Å². The van der Waals surface area contributed by atoms with Gasteiger partial charge < -0.3 is 19.3 Å². The minimum Gasteiger partial charge on any atom is -0.386 e. The van der Waals surface area contributed by atoms with E-state index in [9.17, 15) is 5.11 Å². The number of aryl methyl sites for hydroxylation is 2. The molecule has 1 aliphatic heterocycles. The Hall–Kier alpha value is -2.02. The number of hydrogen-bond acceptors (Lipinski definition) is 4. The fourth-order valence-electron chi connectivity index (χ4n) is 4.92. The molecule has 5 atom stereocenters. The van der Waals surface area contributed by atoms with Crippen molar-refractivity contribution in [2.75, 3.05) is 6.61 Å². The van der Waals surface area contributed by atoms with Gasteiger partial charge >= 0.3 is 0 Å². The number of rotatable bonds is 9. The van der Waals surface area contributed by atoms with Crippen molar-refractivity contribution in [3.8, 4) is 0 Å². The summed E-state index contributed by atoms with van der Waals surface area (Å²) in [7, 11) is 0. The molecule has 186 valence electrons. The summed E-state index contributed by atoms with van der Waals surface area (Å²) in [5.74, 6) is 0.238. The maximum Gasteiger partial charge on any atom is 0.114 e. The van der Waals surface area contributed by atoms with E-state index in [0.717, 1.165) is 38.7 Å². The van der Waals surface area contributed by atoms with Gasteiger partial charge in [0.05, 0.1) is 32.0 Å². The number of aliphatic hydroxyl groups excluding tert-OH is 1. The average molecular weight is 540 g/mol. The van der Waals surface area contributed by atoms with Crippen molar-refractivity contribution in [1.29, 1.82) is 0 Å². The molecule has 1 fully saturated rings. The van der Waals surface area contributed by atoms with Crippen LogP contribution in [0.4, 0.5) is 0 Å². The number of ether oxygens (including phenoxy) is 3. The molecule has 2 unspecified atom stereocenters. The average Bonchev–Trinajstić information content (AvgIpc) is 2.84. The highest BCUT2D eigenvalue weighted by atomic mass is 79.9. The molecular formula is C30H35BrO4. The first kappa shape index (κ1) is 26.1. The maximum atomic E-state index is 11.6. The molecule has 4 nitrogen and oxygen atoms in total. The Balaban J connectivity index is 1.51. The highest BCUT2D eigenvalue weighted by molar-refractivity contribution is 9.10. The fraction of sp³-hybridized carbons (Fsp3) is 0.400. The van der Waals surface area contributed by atoms with E-state index < -0.39 is 12.2 Å². The molecule has 0 aliphatic carbocycles. The first-order valence-corrected chi connectivity index (χ1v) is 13.1. The molecule has 0 saturated carbocycles. The van der Waals surface area contributed by atoms with Crippen LogP contribution in [0, 0.1) is 19.8 Å². The smallest absolute Gasteiger partial charge is 0.114 e.